The Hall–Kier alpha value is -2.11. The molecule has 120 valence electrons. The molecule has 1 aromatic heterocycles. The molecule has 0 spiro atoms. The molecular weight excluding hydrogens is 312 g/mol. The van der Waals surface area contributed by atoms with Crippen molar-refractivity contribution in [3.8, 4) is 0 Å². The molecule has 1 fully saturated rings. The second kappa shape index (κ2) is 7.44. The Balaban J connectivity index is 1.48. The molecule has 1 aliphatic heterocycles. The van der Waals surface area contributed by atoms with Gasteiger partial charge in [0.1, 0.15) is 5.15 Å². The van der Waals surface area contributed by atoms with Gasteiger partial charge in [0.25, 0.3) is 0 Å². The second-order valence-electron chi connectivity index (χ2n) is 5.51. The van der Waals surface area contributed by atoms with Crippen LogP contribution in [0, 0.1) is 0 Å². The van der Waals surface area contributed by atoms with Crippen LogP contribution in [0.25, 0.3) is 0 Å². The van der Waals surface area contributed by atoms with Crippen molar-refractivity contribution in [3.63, 3.8) is 0 Å². The van der Waals surface area contributed by atoms with Crippen LogP contribution in [-0.4, -0.2) is 48.5 Å². The van der Waals surface area contributed by atoms with E-state index in [2.05, 4.69) is 20.1 Å². The van der Waals surface area contributed by atoms with Crippen LogP contribution in [0.3, 0.4) is 0 Å². The lowest BCUT2D eigenvalue weighted by atomic mass is 10.2. The molecule has 0 atom stereocenters. The number of para-hydroxylation sites is 1. The molecule has 23 heavy (non-hydrogen) atoms. The number of nitrogens with one attached hydrogen (secondary N) is 1. The van der Waals surface area contributed by atoms with E-state index in [0.29, 0.717) is 11.7 Å². The molecule has 0 saturated carbocycles. The molecular formula is C17H19ClN4O. The summed E-state index contributed by atoms with van der Waals surface area (Å²) in [6.45, 7) is 3.86. The Morgan fingerprint density at radius 3 is 2.57 bits per heavy atom. The smallest absolute Gasteiger partial charge is 0.238 e. The van der Waals surface area contributed by atoms with Crippen molar-refractivity contribution in [2.75, 3.05) is 42.9 Å². The number of aromatic nitrogens is 1. The van der Waals surface area contributed by atoms with Gasteiger partial charge in [0.05, 0.1) is 6.54 Å². The monoisotopic (exact) mass is 330 g/mol. The molecule has 3 rings (SSSR count). The minimum absolute atomic E-state index is 0.0246. The van der Waals surface area contributed by atoms with Gasteiger partial charge in [-0.05, 0) is 24.3 Å². The molecule has 2 aromatic rings. The third-order valence-electron chi connectivity index (χ3n) is 3.87. The molecule has 0 aliphatic carbocycles. The Labute approximate surface area is 140 Å². The number of piperazine rings is 1. The molecule has 1 amide bonds. The van der Waals surface area contributed by atoms with Crippen molar-refractivity contribution in [1.29, 1.82) is 0 Å². The van der Waals surface area contributed by atoms with E-state index in [-0.39, 0.29) is 5.91 Å². The van der Waals surface area contributed by atoms with E-state index in [1.165, 1.54) is 0 Å². The fourth-order valence-electron chi connectivity index (χ4n) is 2.68. The molecule has 2 heterocycles. The summed E-state index contributed by atoms with van der Waals surface area (Å²) in [5, 5.41) is 3.43. The molecule has 1 saturated heterocycles. The van der Waals surface area contributed by atoms with Crippen LogP contribution < -0.4 is 10.2 Å². The number of hydrogen-bond donors (Lipinski definition) is 1. The Kier molecular flexibility index (Phi) is 5.10. The lowest BCUT2D eigenvalue weighted by Crippen LogP contribution is -2.48. The molecule has 1 N–H and O–H groups in total. The van der Waals surface area contributed by atoms with Gasteiger partial charge in [-0.25, -0.2) is 4.98 Å². The van der Waals surface area contributed by atoms with Gasteiger partial charge in [0.15, 0.2) is 0 Å². The summed E-state index contributed by atoms with van der Waals surface area (Å²) in [5.41, 5.74) is 1.92. The minimum atomic E-state index is 0.0246. The highest BCUT2D eigenvalue weighted by molar-refractivity contribution is 6.29. The van der Waals surface area contributed by atoms with Crippen molar-refractivity contribution in [2.45, 2.75) is 0 Å². The number of carbonyl (C=O) groups is 1. The van der Waals surface area contributed by atoms with Crippen molar-refractivity contribution < 1.29 is 4.79 Å². The van der Waals surface area contributed by atoms with Crippen molar-refractivity contribution in [1.82, 2.24) is 9.88 Å². The van der Waals surface area contributed by atoms with Crippen molar-refractivity contribution >= 4 is 28.9 Å². The van der Waals surface area contributed by atoms with Crippen LogP contribution in [0.5, 0.6) is 0 Å². The van der Waals surface area contributed by atoms with Crippen LogP contribution in [0.4, 0.5) is 11.4 Å². The third-order valence-corrected chi connectivity index (χ3v) is 4.08. The molecule has 6 heteroatoms. The number of hydrogen-bond acceptors (Lipinski definition) is 4. The highest BCUT2D eigenvalue weighted by Crippen LogP contribution is 2.18. The van der Waals surface area contributed by atoms with E-state index < -0.39 is 0 Å². The molecule has 0 unspecified atom stereocenters. The molecule has 5 nitrogen and oxygen atoms in total. The summed E-state index contributed by atoms with van der Waals surface area (Å²) in [6, 6.07) is 13.4. The van der Waals surface area contributed by atoms with E-state index in [4.69, 9.17) is 11.6 Å². The van der Waals surface area contributed by atoms with E-state index in [0.717, 1.165) is 37.6 Å². The van der Waals surface area contributed by atoms with Gasteiger partial charge < -0.3 is 10.2 Å². The van der Waals surface area contributed by atoms with Crippen LogP contribution in [0.1, 0.15) is 0 Å². The summed E-state index contributed by atoms with van der Waals surface area (Å²) in [4.78, 5) is 20.5. The number of pyridine rings is 1. The van der Waals surface area contributed by atoms with E-state index in [1.807, 2.05) is 42.5 Å². The fourth-order valence-corrected chi connectivity index (χ4v) is 2.85. The summed E-state index contributed by atoms with van der Waals surface area (Å²) >= 11 is 5.94. The van der Waals surface area contributed by atoms with Gasteiger partial charge in [-0.1, -0.05) is 29.8 Å². The Morgan fingerprint density at radius 2 is 1.87 bits per heavy atom. The first-order valence-electron chi connectivity index (χ1n) is 7.64. The number of rotatable bonds is 4. The largest absolute Gasteiger partial charge is 0.369 e. The molecule has 0 radical (unpaired) electrons. The SMILES string of the molecule is O=C(CN1CCN(c2ccnc(Cl)c2)CC1)Nc1ccccc1. The molecule has 1 aromatic carbocycles. The zero-order chi connectivity index (χ0) is 16.1. The number of carbonyl (C=O) groups excluding carboxylic acids is 1. The molecule has 1 aliphatic rings. The summed E-state index contributed by atoms with van der Waals surface area (Å²) < 4.78 is 0. The second-order valence-corrected chi connectivity index (χ2v) is 5.90. The van der Waals surface area contributed by atoms with E-state index in [1.54, 1.807) is 6.20 Å². The number of amides is 1. The number of anilines is 2. The number of halogens is 1. The van der Waals surface area contributed by atoms with Crippen molar-refractivity contribution in [2.24, 2.45) is 0 Å². The third kappa shape index (κ3) is 4.43. The quantitative estimate of drug-likeness (QED) is 0.875. The molecule has 0 bridgehead atoms. The summed E-state index contributed by atoms with van der Waals surface area (Å²) in [5.74, 6) is 0.0246. The minimum Gasteiger partial charge on any atom is -0.369 e. The van der Waals surface area contributed by atoms with Gasteiger partial charge in [0.2, 0.25) is 5.91 Å². The Bertz CT molecular complexity index is 657. The normalized spacial score (nSPS) is 15.4. The predicted octanol–water partition coefficient (Wildman–Crippen LogP) is 2.50. The van der Waals surface area contributed by atoms with Crippen LogP contribution >= 0.6 is 11.6 Å². The average molecular weight is 331 g/mol. The zero-order valence-electron chi connectivity index (χ0n) is 12.8. The first kappa shape index (κ1) is 15.8. The van der Waals surface area contributed by atoms with Crippen LogP contribution in [-0.2, 0) is 4.79 Å². The lowest BCUT2D eigenvalue weighted by Gasteiger charge is -2.35. The van der Waals surface area contributed by atoms with Crippen molar-refractivity contribution in [3.05, 3.63) is 53.8 Å². The zero-order valence-corrected chi connectivity index (χ0v) is 13.5. The summed E-state index contributed by atoms with van der Waals surface area (Å²) in [6.07, 6.45) is 1.72. The van der Waals surface area contributed by atoms with Crippen LogP contribution in [0.2, 0.25) is 5.15 Å². The Morgan fingerprint density at radius 1 is 1.13 bits per heavy atom. The maximum Gasteiger partial charge on any atom is 0.238 e. The highest BCUT2D eigenvalue weighted by Gasteiger charge is 2.19. The fraction of sp³-hybridized carbons (Fsp3) is 0.294. The first-order chi connectivity index (χ1) is 11.2. The van der Waals surface area contributed by atoms with Gasteiger partial charge in [-0.3, -0.25) is 9.69 Å². The van der Waals surface area contributed by atoms with E-state index >= 15 is 0 Å². The number of benzene rings is 1. The highest BCUT2D eigenvalue weighted by atomic mass is 35.5. The maximum atomic E-state index is 12.1. The van der Waals surface area contributed by atoms with Crippen LogP contribution in [0.15, 0.2) is 48.7 Å². The first-order valence-corrected chi connectivity index (χ1v) is 8.02. The van der Waals surface area contributed by atoms with Gasteiger partial charge in [-0.15, -0.1) is 0 Å². The standard InChI is InChI=1S/C17H19ClN4O/c18-16-12-15(6-7-19-16)22-10-8-21(9-11-22)13-17(23)20-14-4-2-1-3-5-14/h1-7,12H,8-11,13H2,(H,20,23). The van der Waals surface area contributed by atoms with Gasteiger partial charge >= 0.3 is 0 Å². The van der Waals surface area contributed by atoms with Gasteiger partial charge in [0, 0.05) is 43.8 Å². The van der Waals surface area contributed by atoms with Gasteiger partial charge in [-0.2, -0.15) is 0 Å². The maximum absolute atomic E-state index is 12.1. The summed E-state index contributed by atoms with van der Waals surface area (Å²) in [7, 11) is 0. The topological polar surface area (TPSA) is 48.5 Å². The number of nitrogens with zero attached hydrogens (tertiary/aromatic N) is 3. The van der Waals surface area contributed by atoms with E-state index in [9.17, 15) is 4.79 Å². The predicted molar refractivity (Wildman–Crippen MR) is 93.0 cm³/mol. The average Bonchev–Trinajstić information content (AvgIpc) is 2.56. The lowest BCUT2D eigenvalue weighted by molar-refractivity contribution is -0.117.